The highest BCUT2D eigenvalue weighted by atomic mass is 19.1. The normalized spacial score (nSPS) is 13.9. The zero-order valence-electron chi connectivity index (χ0n) is 11.7. The van der Waals surface area contributed by atoms with Crippen molar-refractivity contribution in [2.45, 2.75) is 39.2 Å². The number of hydrogen-bond acceptors (Lipinski definition) is 2. The molecule has 1 aromatic carbocycles. The fourth-order valence-corrected chi connectivity index (χ4v) is 1.91. The van der Waals surface area contributed by atoms with Crippen molar-refractivity contribution in [3.8, 4) is 0 Å². The van der Waals surface area contributed by atoms with Gasteiger partial charge in [-0.3, -0.25) is 0 Å². The fraction of sp³-hybridized carbons (Fsp3) is 0.600. The van der Waals surface area contributed by atoms with Crippen LogP contribution in [0.1, 0.15) is 33.3 Å². The molecule has 2 N–H and O–H groups in total. The van der Waals surface area contributed by atoms with Crippen molar-refractivity contribution in [2.75, 3.05) is 13.2 Å². The minimum Gasteiger partial charge on any atom is -0.395 e. The summed E-state index contributed by atoms with van der Waals surface area (Å²) in [6.45, 7) is 9.12. The number of hydrogen-bond donors (Lipinski definition) is 2. The van der Waals surface area contributed by atoms with Crippen LogP contribution in [-0.4, -0.2) is 24.3 Å². The van der Waals surface area contributed by atoms with Crippen LogP contribution in [0.3, 0.4) is 0 Å². The second-order valence-corrected chi connectivity index (χ2v) is 5.81. The van der Waals surface area contributed by atoms with E-state index in [4.69, 9.17) is 0 Å². The third-order valence-corrected chi connectivity index (χ3v) is 3.41. The van der Waals surface area contributed by atoms with E-state index in [1.54, 1.807) is 12.1 Å². The fourth-order valence-electron chi connectivity index (χ4n) is 1.91. The van der Waals surface area contributed by atoms with Gasteiger partial charge in [-0.25, -0.2) is 4.39 Å². The van der Waals surface area contributed by atoms with E-state index in [9.17, 15) is 9.50 Å². The molecule has 0 spiro atoms. The molecule has 0 aliphatic carbocycles. The molecule has 3 heteroatoms. The standard InChI is InChI=1S/C15H24FNO/c1-11(2)14(9-18)17-10-15(3,4)12-6-5-7-13(16)8-12/h5-8,11,14,17-18H,9-10H2,1-4H3. The molecule has 18 heavy (non-hydrogen) atoms. The molecule has 1 atom stereocenters. The molecule has 0 amide bonds. The SMILES string of the molecule is CC(C)C(CO)NCC(C)(C)c1cccc(F)c1. The number of aliphatic hydroxyl groups excluding tert-OH is 1. The predicted octanol–water partition coefficient (Wildman–Crippen LogP) is 2.71. The Morgan fingerprint density at radius 2 is 2.00 bits per heavy atom. The molecule has 0 bridgehead atoms. The third-order valence-electron chi connectivity index (χ3n) is 3.41. The number of halogens is 1. The van der Waals surface area contributed by atoms with Gasteiger partial charge in [-0.05, 0) is 23.6 Å². The predicted molar refractivity (Wildman–Crippen MR) is 73.1 cm³/mol. The van der Waals surface area contributed by atoms with Gasteiger partial charge in [0, 0.05) is 18.0 Å². The number of aliphatic hydroxyl groups is 1. The van der Waals surface area contributed by atoms with Crippen molar-refractivity contribution in [1.82, 2.24) is 5.32 Å². The van der Waals surface area contributed by atoms with Crippen LogP contribution in [0.2, 0.25) is 0 Å². The van der Waals surface area contributed by atoms with Gasteiger partial charge in [0.2, 0.25) is 0 Å². The zero-order chi connectivity index (χ0) is 13.8. The largest absolute Gasteiger partial charge is 0.395 e. The van der Waals surface area contributed by atoms with E-state index in [2.05, 4.69) is 33.0 Å². The summed E-state index contributed by atoms with van der Waals surface area (Å²) < 4.78 is 13.2. The van der Waals surface area contributed by atoms with Crippen molar-refractivity contribution < 1.29 is 9.50 Å². The highest BCUT2D eigenvalue weighted by Crippen LogP contribution is 2.23. The molecule has 0 aliphatic rings. The first kappa shape index (κ1) is 15.1. The quantitative estimate of drug-likeness (QED) is 0.817. The summed E-state index contributed by atoms with van der Waals surface area (Å²) in [4.78, 5) is 0. The average Bonchev–Trinajstić information content (AvgIpc) is 2.29. The second kappa shape index (κ2) is 6.30. The van der Waals surface area contributed by atoms with Gasteiger partial charge < -0.3 is 10.4 Å². The first-order chi connectivity index (χ1) is 8.36. The van der Waals surface area contributed by atoms with Crippen molar-refractivity contribution in [3.05, 3.63) is 35.6 Å². The summed E-state index contributed by atoms with van der Waals surface area (Å²) in [7, 11) is 0. The Balaban J connectivity index is 2.70. The maximum Gasteiger partial charge on any atom is 0.123 e. The molecule has 0 radical (unpaired) electrons. The third kappa shape index (κ3) is 4.07. The Bertz CT molecular complexity index is 377. The molecule has 2 nitrogen and oxygen atoms in total. The summed E-state index contributed by atoms with van der Waals surface area (Å²) in [5.74, 6) is 0.168. The van der Waals surface area contributed by atoms with E-state index >= 15 is 0 Å². The molecular weight excluding hydrogens is 229 g/mol. The van der Waals surface area contributed by atoms with Gasteiger partial charge in [-0.15, -0.1) is 0 Å². The molecule has 0 saturated heterocycles. The van der Waals surface area contributed by atoms with Crippen molar-refractivity contribution in [3.63, 3.8) is 0 Å². The molecule has 1 unspecified atom stereocenters. The van der Waals surface area contributed by atoms with E-state index < -0.39 is 0 Å². The van der Waals surface area contributed by atoms with Gasteiger partial charge >= 0.3 is 0 Å². The van der Waals surface area contributed by atoms with Crippen molar-refractivity contribution >= 4 is 0 Å². The van der Waals surface area contributed by atoms with Crippen LogP contribution < -0.4 is 5.32 Å². The van der Waals surface area contributed by atoms with Crippen LogP contribution in [0.4, 0.5) is 4.39 Å². The maximum absolute atomic E-state index is 13.2. The lowest BCUT2D eigenvalue weighted by Gasteiger charge is -2.29. The van der Waals surface area contributed by atoms with Crippen LogP contribution in [0.25, 0.3) is 0 Å². The van der Waals surface area contributed by atoms with E-state index in [0.29, 0.717) is 12.5 Å². The monoisotopic (exact) mass is 253 g/mol. The number of rotatable bonds is 6. The summed E-state index contributed by atoms with van der Waals surface area (Å²) in [6.07, 6.45) is 0. The second-order valence-electron chi connectivity index (χ2n) is 5.81. The molecule has 0 heterocycles. The first-order valence-electron chi connectivity index (χ1n) is 6.47. The van der Waals surface area contributed by atoms with Crippen LogP contribution in [0.5, 0.6) is 0 Å². The summed E-state index contributed by atoms with van der Waals surface area (Å²) in [5.41, 5.74) is 0.806. The molecule has 102 valence electrons. The highest BCUT2D eigenvalue weighted by molar-refractivity contribution is 5.24. The Morgan fingerprint density at radius 1 is 1.33 bits per heavy atom. The molecule has 0 saturated carbocycles. The Morgan fingerprint density at radius 3 is 2.50 bits per heavy atom. The van der Waals surface area contributed by atoms with Gasteiger partial charge in [0.15, 0.2) is 0 Å². The van der Waals surface area contributed by atoms with Crippen LogP contribution >= 0.6 is 0 Å². The van der Waals surface area contributed by atoms with Gasteiger partial charge in [0.25, 0.3) is 0 Å². The zero-order valence-corrected chi connectivity index (χ0v) is 11.7. The average molecular weight is 253 g/mol. The minimum absolute atomic E-state index is 0.0813. The molecule has 1 rings (SSSR count). The van der Waals surface area contributed by atoms with E-state index in [1.807, 2.05) is 6.07 Å². The van der Waals surface area contributed by atoms with E-state index in [-0.39, 0.29) is 23.9 Å². The van der Waals surface area contributed by atoms with Gasteiger partial charge in [0.05, 0.1) is 6.61 Å². The van der Waals surface area contributed by atoms with Crippen molar-refractivity contribution in [2.24, 2.45) is 5.92 Å². The Kier molecular flexibility index (Phi) is 5.29. The molecular formula is C15H24FNO. The minimum atomic E-state index is -0.205. The lowest BCUT2D eigenvalue weighted by atomic mass is 9.84. The van der Waals surface area contributed by atoms with Crippen LogP contribution in [0, 0.1) is 11.7 Å². The summed E-state index contributed by atoms with van der Waals surface area (Å²) >= 11 is 0. The van der Waals surface area contributed by atoms with Crippen molar-refractivity contribution in [1.29, 1.82) is 0 Å². The van der Waals surface area contributed by atoms with E-state index in [1.165, 1.54) is 6.07 Å². The topological polar surface area (TPSA) is 32.3 Å². The number of nitrogens with one attached hydrogen (secondary N) is 1. The smallest absolute Gasteiger partial charge is 0.123 e. The number of benzene rings is 1. The summed E-state index contributed by atoms with van der Waals surface area (Å²) in [6, 6.07) is 6.78. The van der Waals surface area contributed by atoms with E-state index in [0.717, 1.165) is 5.56 Å². The van der Waals surface area contributed by atoms with Gasteiger partial charge in [-0.1, -0.05) is 39.8 Å². The lowest BCUT2D eigenvalue weighted by molar-refractivity contribution is 0.204. The summed E-state index contributed by atoms with van der Waals surface area (Å²) in [5, 5.41) is 12.6. The molecule has 0 fully saturated rings. The molecule has 0 aliphatic heterocycles. The van der Waals surface area contributed by atoms with Crippen LogP contribution in [0.15, 0.2) is 24.3 Å². The lowest BCUT2D eigenvalue weighted by Crippen LogP contribution is -2.43. The highest BCUT2D eigenvalue weighted by Gasteiger charge is 2.23. The maximum atomic E-state index is 13.2. The Labute approximate surface area is 109 Å². The molecule has 0 aromatic heterocycles. The molecule has 1 aromatic rings. The van der Waals surface area contributed by atoms with Crippen LogP contribution in [-0.2, 0) is 5.41 Å². The van der Waals surface area contributed by atoms with Gasteiger partial charge in [-0.2, -0.15) is 0 Å². The van der Waals surface area contributed by atoms with Gasteiger partial charge in [0.1, 0.15) is 5.82 Å². The first-order valence-corrected chi connectivity index (χ1v) is 6.47. The Hall–Kier alpha value is -0.930.